The van der Waals surface area contributed by atoms with E-state index in [1.165, 1.54) is 0 Å². The van der Waals surface area contributed by atoms with E-state index in [4.69, 9.17) is 9.47 Å². The summed E-state index contributed by atoms with van der Waals surface area (Å²) in [6.45, 7) is 8.20. The molecule has 0 bridgehead atoms. The molecule has 0 atom stereocenters. The van der Waals surface area contributed by atoms with Gasteiger partial charge in [0.2, 0.25) is 5.95 Å². The number of aromatic nitrogens is 2. The SMILES string of the molecule is COc1ccc(Nc2nc(C)cc(NC(C)(C)C)n2)c(OC)c1. The van der Waals surface area contributed by atoms with Crippen molar-refractivity contribution in [3.05, 3.63) is 30.0 Å². The molecule has 0 radical (unpaired) electrons. The zero-order valence-corrected chi connectivity index (χ0v) is 14.5. The van der Waals surface area contributed by atoms with Crippen LogP contribution in [0, 0.1) is 6.92 Å². The van der Waals surface area contributed by atoms with E-state index in [-0.39, 0.29) is 5.54 Å². The smallest absolute Gasteiger partial charge is 0.229 e. The van der Waals surface area contributed by atoms with Crippen LogP contribution in [0.2, 0.25) is 0 Å². The lowest BCUT2D eigenvalue weighted by molar-refractivity contribution is 0.395. The summed E-state index contributed by atoms with van der Waals surface area (Å²) in [7, 11) is 3.24. The van der Waals surface area contributed by atoms with E-state index >= 15 is 0 Å². The summed E-state index contributed by atoms with van der Waals surface area (Å²) >= 11 is 0. The summed E-state index contributed by atoms with van der Waals surface area (Å²) in [5.74, 6) is 2.69. The van der Waals surface area contributed by atoms with E-state index in [0.29, 0.717) is 11.7 Å². The van der Waals surface area contributed by atoms with Crippen molar-refractivity contribution in [3.8, 4) is 11.5 Å². The maximum atomic E-state index is 5.39. The molecule has 6 nitrogen and oxygen atoms in total. The van der Waals surface area contributed by atoms with Crippen molar-refractivity contribution >= 4 is 17.5 Å². The maximum Gasteiger partial charge on any atom is 0.229 e. The highest BCUT2D eigenvalue weighted by atomic mass is 16.5. The van der Waals surface area contributed by atoms with Gasteiger partial charge in [0, 0.05) is 23.4 Å². The largest absolute Gasteiger partial charge is 0.497 e. The molecule has 0 amide bonds. The lowest BCUT2D eigenvalue weighted by Gasteiger charge is -2.22. The number of hydrogen-bond donors (Lipinski definition) is 2. The van der Waals surface area contributed by atoms with Gasteiger partial charge < -0.3 is 20.1 Å². The average molecular weight is 316 g/mol. The minimum absolute atomic E-state index is 0.0735. The molecule has 23 heavy (non-hydrogen) atoms. The second kappa shape index (κ2) is 6.73. The highest BCUT2D eigenvalue weighted by Gasteiger charge is 2.13. The highest BCUT2D eigenvalue weighted by Crippen LogP contribution is 2.31. The fraction of sp³-hybridized carbons (Fsp3) is 0.412. The van der Waals surface area contributed by atoms with Gasteiger partial charge in [0.25, 0.3) is 0 Å². The van der Waals surface area contributed by atoms with Gasteiger partial charge in [0.1, 0.15) is 17.3 Å². The predicted molar refractivity (Wildman–Crippen MR) is 93.0 cm³/mol. The lowest BCUT2D eigenvalue weighted by atomic mass is 10.1. The van der Waals surface area contributed by atoms with E-state index < -0.39 is 0 Å². The molecule has 0 aliphatic carbocycles. The second-order valence-electron chi connectivity index (χ2n) is 6.28. The maximum absolute atomic E-state index is 5.39. The van der Waals surface area contributed by atoms with Crippen LogP contribution < -0.4 is 20.1 Å². The van der Waals surface area contributed by atoms with Crippen molar-refractivity contribution in [2.75, 3.05) is 24.9 Å². The van der Waals surface area contributed by atoms with Crippen LogP contribution in [0.25, 0.3) is 0 Å². The summed E-state index contributed by atoms with van der Waals surface area (Å²) in [5.41, 5.74) is 1.58. The summed E-state index contributed by atoms with van der Waals surface area (Å²) in [6.07, 6.45) is 0. The molecule has 2 N–H and O–H groups in total. The Balaban J connectivity index is 2.29. The number of benzene rings is 1. The van der Waals surface area contributed by atoms with Crippen LogP contribution in [0.1, 0.15) is 26.5 Å². The first-order chi connectivity index (χ1) is 10.8. The van der Waals surface area contributed by atoms with Crippen LogP contribution in [0.3, 0.4) is 0 Å². The molecule has 2 aromatic rings. The lowest BCUT2D eigenvalue weighted by Crippen LogP contribution is -2.27. The van der Waals surface area contributed by atoms with Crippen molar-refractivity contribution in [3.63, 3.8) is 0 Å². The van der Waals surface area contributed by atoms with Gasteiger partial charge in [0.15, 0.2) is 0 Å². The Morgan fingerprint density at radius 3 is 2.35 bits per heavy atom. The summed E-state index contributed by atoms with van der Waals surface area (Å²) in [6, 6.07) is 7.46. The Morgan fingerprint density at radius 1 is 1.00 bits per heavy atom. The van der Waals surface area contributed by atoms with E-state index in [0.717, 1.165) is 22.9 Å². The van der Waals surface area contributed by atoms with Crippen molar-refractivity contribution in [2.45, 2.75) is 33.2 Å². The number of methoxy groups -OCH3 is 2. The molecule has 0 fully saturated rings. The Hall–Kier alpha value is -2.50. The molecule has 1 aromatic carbocycles. The van der Waals surface area contributed by atoms with Crippen molar-refractivity contribution in [1.29, 1.82) is 0 Å². The zero-order chi connectivity index (χ0) is 17.0. The van der Waals surface area contributed by atoms with E-state index in [1.807, 2.05) is 31.2 Å². The van der Waals surface area contributed by atoms with Crippen molar-refractivity contribution < 1.29 is 9.47 Å². The molecular formula is C17H24N4O2. The molecule has 6 heteroatoms. The molecule has 2 rings (SSSR count). The quantitative estimate of drug-likeness (QED) is 0.875. The third-order valence-corrected chi connectivity index (χ3v) is 3.01. The fourth-order valence-corrected chi connectivity index (χ4v) is 2.09. The number of nitrogens with one attached hydrogen (secondary N) is 2. The molecule has 0 aliphatic rings. The first kappa shape index (κ1) is 16.9. The summed E-state index contributed by atoms with van der Waals surface area (Å²) < 4.78 is 10.6. The third-order valence-electron chi connectivity index (χ3n) is 3.01. The second-order valence-corrected chi connectivity index (χ2v) is 6.28. The third kappa shape index (κ3) is 4.74. The van der Waals surface area contributed by atoms with E-state index in [2.05, 4.69) is 41.4 Å². The number of hydrogen-bond acceptors (Lipinski definition) is 6. The van der Waals surface area contributed by atoms with Gasteiger partial charge in [0.05, 0.1) is 19.9 Å². The predicted octanol–water partition coefficient (Wildman–Crippen LogP) is 3.76. The van der Waals surface area contributed by atoms with Crippen LogP contribution in [-0.4, -0.2) is 29.7 Å². The van der Waals surface area contributed by atoms with Gasteiger partial charge >= 0.3 is 0 Å². The van der Waals surface area contributed by atoms with Gasteiger partial charge in [-0.3, -0.25) is 0 Å². The van der Waals surface area contributed by atoms with Crippen LogP contribution in [-0.2, 0) is 0 Å². The van der Waals surface area contributed by atoms with Crippen LogP contribution in [0.5, 0.6) is 11.5 Å². The van der Waals surface area contributed by atoms with Gasteiger partial charge in [-0.25, -0.2) is 4.98 Å². The van der Waals surface area contributed by atoms with Crippen LogP contribution in [0.15, 0.2) is 24.3 Å². The topological polar surface area (TPSA) is 68.3 Å². The summed E-state index contributed by atoms with van der Waals surface area (Å²) in [5, 5.41) is 6.55. The molecule has 0 aliphatic heterocycles. The van der Waals surface area contributed by atoms with Crippen LogP contribution >= 0.6 is 0 Å². The Morgan fingerprint density at radius 2 is 1.74 bits per heavy atom. The molecule has 0 saturated carbocycles. The fourth-order valence-electron chi connectivity index (χ4n) is 2.09. The Kier molecular flexibility index (Phi) is 4.93. The highest BCUT2D eigenvalue weighted by molar-refractivity contribution is 5.65. The number of anilines is 3. The van der Waals surface area contributed by atoms with Gasteiger partial charge in [-0.1, -0.05) is 0 Å². The first-order valence-electron chi connectivity index (χ1n) is 7.43. The minimum Gasteiger partial charge on any atom is -0.497 e. The standard InChI is InChI=1S/C17H24N4O2/c1-11-9-15(21-17(2,3)4)20-16(18-11)19-13-8-7-12(22-5)10-14(13)23-6/h7-10H,1-6H3,(H2,18,19,20,21). The van der Waals surface area contributed by atoms with E-state index in [1.54, 1.807) is 14.2 Å². The molecule has 124 valence electrons. The molecule has 0 spiro atoms. The average Bonchev–Trinajstić information content (AvgIpc) is 2.45. The van der Waals surface area contributed by atoms with Gasteiger partial charge in [-0.05, 0) is 39.8 Å². The molecule has 1 heterocycles. The zero-order valence-electron chi connectivity index (χ0n) is 14.5. The minimum atomic E-state index is -0.0735. The monoisotopic (exact) mass is 316 g/mol. The van der Waals surface area contributed by atoms with Crippen molar-refractivity contribution in [2.24, 2.45) is 0 Å². The van der Waals surface area contributed by atoms with E-state index in [9.17, 15) is 0 Å². The number of rotatable bonds is 5. The number of nitrogens with zero attached hydrogens (tertiary/aromatic N) is 2. The van der Waals surface area contributed by atoms with Gasteiger partial charge in [-0.15, -0.1) is 0 Å². The Labute approximate surface area is 137 Å². The van der Waals surface area contributed by atoms with Gasteiger partial charge in [-0.2, -0.15) is 4.98 Å². The van der Waals surface area contributed by atoms with Crippen LogP contribution in [0.4, 0.5) is 17.5 Å². The molecular weight excluding hydrogens is 292 g/mol. The number of ether oxygens (including phenoxy) is 2. The molecule has 0 saturated heterocycles. The Bertz CT molecular complexity index is 681. The number of aryl methyl sites for hydroxylation is 1. The summed E-state index contributed by atoms with van der Waals surface area (Å²) in [4.78, 5) is 8.94. The normalized spacial score (nSPS) is 11.0. The molecule has 0 unspecified atom stereocenters. The van der Waals surface area contributed by atoms with Crippen molar-refractivity contribution in [1.82, 2.24) is 9.97 Å². The molecule has 1 aromatic heterocycles. The first-order valence-corrected chi connectivity index (χ1v) is 7.43.